The van der Waals surface area contributed by atoms with E-state index < -0.39 is 0 Å². The van der Waals surface area contributed by atoms with Crippen LogP contribution in [0.3, 0.4) is 0 Å². The van der Waals surface area contributed by atoms with Crippen LogP contribution < -0.4 is 0 Å². The number of hydrogen-bond acceptors (Lipinski definition) is 3. The lowest BCUT2D eigenvalue weighted by Gasteiger charge is -2.12. The summed E-state index contributed by atoms with van der Waals surface area (Å²) in [6.07, 6.45) is 0. The molecule has 0 atom stereocenters. The van der Waals surface area contributed by atoms with Gasteiger partial charge in [0.05, 0.1) is 44.1 Å². The van der Waals surface area contributed by atoms with Crippen LogP contribution in [0.2, 0.25) is 0 Å². The number of benzene rings is 11. The van der Waals surface area contributed by atoms with Gasteiger partial charge in [0.2, 0.25) is 0 Å². The first kappa shape index (κ1) is 42.2. The zero-order chi connectivity index (χ0) is 49.8. The molecule has 7 nitrogen and oxygen atoms in total. The fraction of sp³-hybridized carbons (Fsp3) is 0. The van der Waals surface area contributed by atoms with Gasteiger partial charge in [0.25, 0.3) is 0 Å². The first-order chi connectivity index (χ1) is 37.7. The van der Waals surface area contributed by atoms with Gasteiger partial charge < -0.3 is 18.3 Å². The highest BCUT2D eigenvalue weighted by Gasteiger charge is 2.21. The smallest absolute Gasteiger partial charge is 0.164 e. The van der Waals surface area contributed by atoms with Crippen molar-refractivity contribution in [3.63, 3.8) is 0 Å². The van der Waals surface area contributed by atoms with Crippen molar-refractivity contribution >= 4 is 87.2 Å². The maximum absolute atomic E-state index is 5.36. The van der Waals surface area contributed by atoms with Crippen molar-refractivity contribution in [1.29, 1.82) is 0 Å². The van der Waals surface area contributed by atoms with E-state index in [-0.39, 0.29) is 0 Å². The highest BCUT2D eigenvalue weighted by atomic mass is 15.0. The molecule has 7 heteroatoms. The minimum absolute atomic E-state index is 0.600. The Labute approximate surface area is 436 Å². The van der Waals surface area contributed by atoms with Crippen LogP contribution in [-0.4, -0.2) is 33.2 Å². The third kappa shape index (κ3) is 6.39. The fourth-order valence-electron chi connectivity index (χ4n) is 12.0. The predicted molar refractivity (Wildman–Crippen MR) is 313 cm³/mol. The van der Waals surface area contributed by atoms with E-state index in [1.165, 1.54) is 43.4 Å². The van der Waals surface area contributed by atoms with E-state index in [0.29, 0.717) is 17.5 Å². The lowest BCUT2D eigenvalue weighted by Crippen LogP contribution is -2.01. The van der Waals surface area contributed by atoms with Crippen LogP contribution in [0.25, 0.3) is 144 Å². The summed E-state index contributed by atoms with van der Waals surface area (Å²) >= 11 is 0. The molecule has 5 aromatic heterocycles. The molecule has 0 radical (unpaired) electrons. The maximum Gasteiger partial charge on any atom is 0.164 e. The normalized spacial score (nSPS) is 11.9. The molecule has 11 aromatic carbocycles. The summed E-state index contributed by atoms with van der Waals surface area (Å²) in [5, 5.41) is 9.44. The molecule has 0 spiro atoms. The van der Waals surface area contributed by atoms with Gasteiger partial charge in [0, 0.05) is 82.5 Å². The van der Waals surface area contributed by atoms with Crippen molar-refractivity contribution in [2.75, 3.05) is 0 Å². The van der Waals surface area contributed by atoms with E-state index in [4.69, 9.17) is 15.0 Å². The second-order valence-corrected chi connectivity index (χ2v) is 19.6. The van der Waals surface area contributed by atoms with Crippen molar-refractivity contribution < 1.29 is 0 Å². The third-order valence-electron chi connectivity index (χ3n) is 15.4. The van der Waals surface area contributed by atoms with E-state index in [0.717, 1.165) is 83.3 Å². The fourth-order valence-corrected chi connectivity index (χ4v) is 12.0. The van der Waals surface area contributed by atoms with Crippen LogP contribution in [0.15, 0.2) is 261 Å². The van der Waals surface area contributed by atoms with Gasteiger partial charge in [-0.1, -0.05) is 127 Å². The van der Waals surface area contributed by atoms with Gasteiger partial charge in [-0.2, -0.15) is 0 Å². The van der Waals surface area contributed by atoms with Gasteiger partial charge in [-0.05, 0) is 133 Å². The van der Waals surface area contributed by atoms with Crippen LogP contribution in [0.4, 0.5) is 0 Å². The summed E-state index contributed by atoms with van der Waals surface area (Å²) in [5.41, 5.74) is 16.3. The van der Waals surface area contributed by atoms with Gasteiger partial charge in [-0.25, -0.2) is 15.0 Å². The summed E-state index contributed by atoms with van der Waals surface area (Å²) in [4.78, 5) is 16.1. The minimum atomic E-state index is 0.600. The molecule has 16 rings (SSSR count). The second-order valence-electron chi connectivity index (χ2n) is 19.6. The summed E-state index contributed by atoms with van der Waals surface area (Å²) in [6.45, 7) is 0. The summed E-state index contributed by atoms with van der Waals surface area (Å²) in [5.74, 6) is 1.81. The Morgan fingerprint density at radius 1 is 0.184 bits per heavy atom. The van der Waals surface area contributed by atoms with Gasteiger partial charge in [0.15, 0.2) is 17.5 Å². The Morgan fingerprint density at radius 2 is 0.447 bits per heavy atom. The molecule has 16 aromatic rings. The van der Waals surface area contributed by atoms with E-state index >= 15 is 0 Å². The monoisotopic (exact) mass is 969 g/mol. The van der Waals surface area contributed by atoms with Gasteiger partial charge in [0.1, 0.15) is 0 Å². The van der Waals surface area contributed by atoms with E-state index in [1.54, 1.807) is 0 Å². The Hall–Kier alpha value is -10.4. The topological polar surface area (TPSA) is 58.4 Å². The lowest BCUT2D eigenvalue weighted by atomic mass is 10.1. The maximum atomic E-state index is 5.36. The van der Waals surface area contributed by atoms with Crippen molar-refractivity contribution in [1.82, 2.24) is 33.2 Å². The van der Waals surface area contributed by atoms with Gasteiger partial charge in [-0.3, -0.25) is 0 Å². The standard InChI is InChI=1S/C69H43N7/c1-4-18-47(19-5-1)73-59-28-14-10-24-51(59)55-40-45(34-38-63(55)73)68-70-67(71-69(72-68)46-35-39-64-56(41-46)52-25-11-15-29-60(52)74(64)48-20-6-2-7-21-48)44-32-36-50(37-33-44)76-62-31-17-13-27-54(62)58-42-65-57(43-66(58)76)53-26-12-16-30-61(53)75(65)49-22-8-3-9-23-49/h1-43H. The van der Waals surface area contributed by atoms with Crippen LogP contribution >= 0.6 is 0 Å². The van der Waals surface area contributed by atoms with Crippen LogP contribution in [0.1, 0.15) is 0 Å². The third-order valence-corrected chi connectivity index (χ3v) is 15.4. The average molecular weight is 970 g/mol. The van der Waals surface area contributed by atoms with E-state index in [9.17, 15) is 0 Å². The molecule has 0 aliphatic carbocycles. The van der Waals surface area contributed by atoms with Crippen molar-refractivity contribution in [2.24, 2.45) is 0 Å². The number of aromatic nitrogens is 7. The molecule has 0 unspecified atom stereocenters. The molecule has 76 heavy (non-hydrogen) atoms. The number of hydrogen-bond donors (Lipinski definition) is 0. The van der Waals surface area contributed by atoms with Crippen molar-refractivity contribution in [3.8, 4) is 56.9 Å². The van der Waals surface area contributed by atoms with Crippen LogP contribution in [-0.2, 0) is 0 Å². The number of rotatable bonds is 7. The predicted octanol–water partition coefficient (Wildman–Crippen LogP) is 17.3. The van der Waals surface area contributed by atoms with E-state index in [2.05, 4.69) is 279 Å². The van der Waals surface area contributed by atoms with Crippen molar-refractivity contribution in [3.05, 3.63) is 261 Å². The Morgan fingerprint density at radius 3 is 0.816 bits per heavy atom. The summed E-state index contributed by atoms with van der Waals surface area (Å²) in [7, 11) is 0. The molecule has 354 valence electrons. The molecule has 5 heterocycles. The molecule has 0 N–H and O–H groups in total. The second kappa shape index (κ2) is 16.6. The highest BCUT2D eigenvalue weighted by molar-refractivity contribution is 6.19. The quantitative estimate of drug-likeness (QED) is 0.160. The molecule has 0 fully saturated rings. The number of nitrogens with zero attached hydrogens (tertiary/aromatic N) is 7. The zero-order valence-electron chi connectivity index (χ0n) is 41.0. The molecule has 0 saturated carbocycles. The van der Waals surface area contributed by atoms with Gasteiger partial charge >= 0.3 is 0 Å². The van der Waals surface area contributed by atoms with Crippen LogP contribution in [0.5, 0.6) is 0 Å². The minimum Gasteiger partial charge on any atom is -0.309 e. The average Bonchev–Trinajstić information content (AvgIpc) is 4.30. The molecular formula is C69H43N7. The molecule has 0 saturated heterocycles. The Bertz CT molecular complexity index is 4790. The number of para-hydroxylation sites is 7. The highest BCUT2D eigenvalue weighted by Crippen LogP contribution is 2.41. The molecule has 0 amide bonds. The van der Waals surface area contributed by atoms with E-state index in [1.807, 2.05) is 0 Å². The molecule has 0 aliphatic rings. The zero-order valence-corrected chi connectivity index (χ0v) is 41.0. The Balaban J connectivity index is 0.878. The molecular weight excluding hydrogens is 927 g/mol. The lowest BCUT2D eigenvalue weighted by molar-refractivity contribution is 1.07. The largest absolute Gasteiger partial charge is 0.309 e. The Kier molecular flexibility index (Phi) is 9.20. The summed E-state index contributed by atoms with van der Waals surface area (Å²) < 4.78 is 9.47. The molecule has 0 aliphatic heterocycles. The first-order valence-electron chi connectivity index (χ1n) is 25.8. The van der Waals surface area contributed by atoms with Crippen LogP contribution in [0, 0.1) is 0 Å². The molecule has 0 bridgehead atoms. The van der Waals surface area contributed by atoms with Gasteiger partial charge in [-0.15, -0.1) is 0 Å². The first-order valence-corrected chi connectivity index (χ1v) is 25.8. The summed E-state index contributed by atoms with van der Waals surface area (Å²) in [6, 6.07) is 93.2. The SMILES string of the molecule is c1ccc(-n2c3ccccc3c3cc(-c4nc(-c5ccc(-n6c7ccccc7c7cc8c(cc76)c6ccccc6n8-c6ccccc6)cc5)nc(-c5ccc6c(c5)c5ccccc5n6-c5ccccc5)n4)ccc32)cc1. The number of fused-ring (bicyclic) bond motifs is 12. The van der Waals surface area contributed by atoms with Crippen molar-refractivity contribution in [2.45, 2.75) is 0 Å².